The maximum Gasteiger partial charge on any atom is 0.416 e. The Balaban J connectivity index is 1.73. The number of hydrogen-bond donors (Lipinski definition) is 3. The molecular formula is C24H25F3N4O4S. The summed E-state index contributed by atoms with van der Waals surface area (Å²) in [6.07, 6.45) is -4.52. The Morgan fingerprint density at radius 3 is 2.39 bits per heavy atom. The van der Waals surface area contributed by atoms with Gasteiger partial charge < -0.3 is 30.3 Å². The van der Waals surface area contributed by atoms with Crippen molar-refractivity contribution < 1.29 is 32.2 Å². The average Bonchev–Trinajstić information content (AvgIpc) is 2.82. The minimum absolute atomic E-state index is 0.000206. The third-order valence-electron chi connectivity index (χ3n) is 5.44. The fraction of sp³-hybridized carbons (Fsp3) is 0.292. The number of methoxy groups -OCH3 is 1. The normalized spacial score (nSPS) is 15.9. The molecule has 1 aliphatic heterocycles. The van der Waals surface area contributed by atoms with Crippen molar-refractivity contribution in [3.05, 3.63) is 70.9 Å². The third kappa shape index (κ3) is 6.52. The lowest BCUT2D eigenvalue weighted by molar-refractivity contribution is -0.141. The van der Waals surface area contributed by atoms with Gasteiger partial charge in [0.15, 0.2) is 5.11 Å². The molecule has 0 aromatic heterocycles. The van der Waals surface area contributed by atoms with Crippen LogP contribution in [0.1, 0.15) is 24.1 Å². The van der Waals surface area contributed by atoms with Crippen LogP contribution in [-0.2, 0) is 20.4 Å². The summed E-state index contributed by atoms with van der Waals surface area (Å²) < 4.78 is 48.9. The van der Waals surface area contributed by atoms with Crippen molar-refractivity contribution in [2.24, 2.45) is 0 Å². The highest BCUT2D eigenvalue weighted by Gasteiger charge is 2.33. The number of thiocarbonyl (C=S) groups is 1. The van der Waals surface area contributed by atoms with E-state index in [9.17, 15) is 22.8 Å². The summed E-state index contributed by atoms with van der Waals surface area (Å²) in [5, 5.41) is 8.49. The van der Waals surface area contributed by atoms with Crippen molar-refractivity contribution in [2.75, 3.05) is 38.0 Å². The first kappa shape index (κ1) is 27.0. The minimum Gasteiger partial charge on any atom is -0.460 e. The number of anilines is 2. The maximum absolute atomic E-state index is 12.9. The van der Waals surface area contributed by atoms with Gasteiger partial charge in [-0.1, -0.05) is 18.2 Å². The van der Waals surface area contributed by atoms with Crippen molar-refractivity contribution in [3.63, 3.8) is 0 Å². The molecule has 2 amide bonds. The van der Waals surface area contributed by atoms with E-state index in [1.165, 1.54) is 19.2 Å². The number of nitrogens with one attached hydrogen (secondary N) is 3. The molecule has 192 valence electrons. The van der Waals surface area contributed by atoms with Gasteiger partial charge >= 0.3 is 18.2 Å². The molecule has 3 N–H and O–H groups in total. The van der Waals surface area contributed by atoms with Crippen LogP contribution in [0.15, 0.2) is 59.8 Å². The second-order valence-corrected chi connectivity index (χ2v) is 8.24. The number of ether oxygens (including phenoxy) is 2. The second kappa shape index (κ2) is 11.4. The van der Waals surface area contributed by atoms with Crippen LogP contribution < -0.4 is 16.0 Å². The number of hydrogen-bond acceptors (Lipinski definition) is 5. The molecule has 0 fully saturated rings. The number of carbonyl (C=O) groups excluding carboxylic acids is 2. The van der Waals surface area contributed by atoms with Crippen LogP contribution in [0.4, 0.5) is 29.3 Å². The monoisotopic (exact) mass is 522 g/mol. The molecule has 0 bridgehead atoms. The van der Waals surface area contributed by atoms with Crippen LogP contribution in [0.2, 0.25) is 0 Å². The molecule has 2 aromatic carbocycles. The van der Waals surface area contributed by atoms with E-state index >= 15 is 0 Å². The molecule has 3 rings (SSSR count). The van der Waals surface area contributed by atoms with Gasteiger partial charge in [-0.15, -0.1) is 0 Å². The molecule has 12 heteroatoms. The molecule has 1 unspecified atom stereocenters. The number of urea groups is 1. The van der Waals surface area contributed by atoms with Crippen LogP contribution >= 0.6 is 12.2 Å². The zero-order valence-corrected chi connectivity index (χ0v) is 20.5. The van der Waals surface area contributed by atoms with Crippen LogP contribution in [0.3, 0.4) is 0 Å². The number of alkyl halides is 3. The fourth-order valence-electron chi connectivity index (χ4n) is 3.47. The molecule has 1 aliphatic rings. The summed E-state index contributed by atoms with van der Waals surface area (Å²) in [5.41, 5.74) is 1.23. The number of benzene rings is 2. The standard InChI is InChI=1S/C24H25F3N4O4S/c1-14-19(21(32)35-12-11-34-3)20(30-23(36)31(14)2)15-7-9-17(10-8-15)28-22(33)29-18-6-4-5-16(13-18)24(25,26)27/h4-10,13,20H,11-12H2,1-3H3,(H,30,36)(H2,28,29,33). The Kier molecular flexibility index (Phi) is 8.53. The first-order valence-corrected chi connectivity index (χ1v) is 11.2. The van der Waals surface area contributed by atoms with Gasteiger partial charge in [0.2, 0.25) is 0 Å². The largest absolute Gasteiger partial charge is 0.460 e. The van der Waals surface area contributed by atoms with Crippen molar-refractivity contribution >= 4 is 40.7 Å². The van der Waals surface area contributed by atoms with Gasteiger partial charge in [-0.25, -0.2) is 9.59 Å². The van der Waals surface area contributed by atoms with Gasteiger partial charge in [-0.2, -0.15) is 13.2 Å². The molecule has 0 saturated heterocycles. The van der Waals surface area contributed by atoms with Crippen molar-refractivity contribution in [1.82, 2.24) is 10.2 Å². The molecule has 0 aliphatic carbocycles. The van der Waals surface area contributed by atoms with Crippen LogP contribution in [0.25, 0.3) is 0 Å². The Bertz CT molecular complexity index is 1170. The first-order chi connectivity index (χ1) is 17.0. The Morgan fingerprint density at radius 1 is 1.08 bits per heavy atom. The molecule has 1 heterocycles. The number of halogens is 3. The van der Waals surface area contributed by atoms with Crippen LogP contribution in [-0.4, -0.2) is 49.4 Å². The zero-order chi connectivity index (χ0) is 26.5. The van der Waals surface area contributed by atoms with Crippen LogP contribution in [0, 0.1) is 0 Å². The quantitative estimate of drug-likeness (QED) is 0.276. The van der Waals surface area contributed by atoms with Gasteiger partial charge in [0, 0.05) is 31.2 Å². The number of esters is 1. The van der Waals surface area contributed by atoms with Crippen molar-refractivity contribution in [3.8, 4) is 0 Å². The molecular weight excluding hydrogens is 497 g/mol. The first-order valence-electron chi connectivity index (χ1n) is 10.8. The third-order valence-corrected chi connectivity index (χ3v) is 5.84. The van der Waals surface area contributed by atoms with E-state index in [1.54, 1.807) is 43.1 Å². The summed E-state index contributed by atoms with van der Waals surface area (Å²) in [7, 11) is 3.24. The number of amides is 2. The molecule has 1 atom stereocenters. The lowest BCUT2D eigenvalue weighted by Crippen LogP contribution is -2.46. The summed E-state index contributed by atoms with van der Waals surface area (Å²) in [5.74, 6) is -0.515. The summed E-state index contributed by atoms with van der Waals surface area (Å²) in [6, 6.07) is 9.63. The lowest BCUT2D eigenvalue weighted by atomic mass is 9.95. The molecule has 8 nitrogen and oxygen atoms in total. The predicted octanol–water partition coefficient (Wildman–Crippen LogP) is 4.67. The van der Waals surface area contributed by atoms with Crippen LogP contribution in [0.5, 0.6) is 0 Å². The zero-order valence-electron chi connectivity index (χ0n) is 19.7. The van der Waals surface area contributed by atoms with Gasteiger partial charge in [0.25, 0.3) is 0 Å². The Morgan fingerprint density at radius 2 is 1.75 bits per heavy atom. The number of nitrogens with zero attached hydrogens (tertiary/aromatic N) is 1. The van der Waals surface area contributed by atoms with Gasteiger partial charge in [-0.3, -0.25) is 0 Å². The maximum atomic E-state index is 12.9. The molecule has 0 saturated carbocycles. The highest BCUT2D eigenvalue weighted by molar-refractivity contribution is 7.80. The van der Waals surface area contributed by atoms with Crippen molar-refractivity contribution in [1.29, 1.82) is 0 Å². The summed E-state index contributed by atoms with van der Waals surface area (Å²) in [6.45, 7) is 2.12. The van der Waals surface area contributed by atoms with E-state index in [-0.39, 0.29) is 18.9 Å². The minimum atomic E-state index is -4.52. The summed E-state index contributed by atoms with van der Waals surface area (Å²) >= 11 is 5.38. The predicted molar refractivity (Wildman–Crippen MR) is 132 cm³/mol. The summed E-state index contributed by atoms with van der Waals surface area (Å²) in [4.78, 5) is 26.8. The fourth-order valence-corrected chi connectivity index (χ4v) is 3.73. The molecule has 2 aromatic rings. The highest BCUT2D eigenvalue weighted by atomic mass is 32.1. The number of allylic oxidation sites excluding steroid dienone is 1. The van der Waals surface area contributed by atoms with E-state index in [0.29, 0.717) is 27.6 Å². The topological polar surface area (TPSA) is 91.9 Å². The average molecular weight is 523 g/mol. The van der Waals surface area contributed by atoms with Gasteiger partial charge in [-0.05, 0) is 55.0 Å². The van der Waals surface area contributed by atoms with E-state index in [1.807, 2.05) is 0 Å². The highest BCUT2D eigenvalue weighted by Crippen LogP contribution is 2.32. The van der Waals surface area contributed by atoms with Crippen molar-refractivity contribution in [2.45, 2.75) is 19.1 Å². The van der Waals surface area contributed by atoms with E-state index in [0.717, 1.165) is 12.1 Å². The number of rotatable bonds is 7. The smallest absolute Gasteiger partial charge is 0.416 e. The van der Waals surface area contributed by atoms with E-state index in [2.05, 4.69) is 16.0 Å². The molecule has 36 heavy (non-hydrogen) atoms. The van der Waals surface area contributed by atoms with E-state index < -0.39 is 29.8 Å². The Labute approximate surface area is 211 Å². The van der Waals surface area contributed by atoms with Gasteiger partial charge in [0.1, 0.15) is 6.61 Å². The SMILES string of the molecule is COCCOC(=O)C1=C(C)N(C)C(=S)NC1c1ccc(NC(=O)Nc2cccc(C(F)(F)F)c2)cc1. The molecule has 0 spiro atoms. The second-order valence-electron chi connectivity index (χ2n) is 7.85. The lowest BCUT2D eigenvalue weighted by Gasteiger charge is -2.35. The Hall–Kier alpha value is -3.64. The molecule has 0 radical (unpaired) electrons. The van der Waals surface area contributed by atoms with E-state index in [4.69, 9.17) is 21.7 Å². The van der Waals surface area contributed by atoms with Gasteiger partial charge in [0.05, 0.1) is 23.8 Å². The number of carbonyl (C=O) groups is 2.